The molecule has 3 aliphatic heterocycles. The highest BCUT2D eigenvalue weighted by atomic mass is 16.5. The summed E-state index contributed by atoms with van der Waals surface area (Å²) in [6.45, 7) is 2.50. The number of anilines is 1. The summed E-state index contributed by atoms with van der Waals surface area (Å²) in [6.07, 6.45) is 2.41. The molecule has 7 nitrogen and oxygen atoms in total. The van der Waals surface area contributed by atoms with Crippen molar-refractivity contribution in [2.45, 2.75) is 37.5 Å². The molecule has 0 bridgehead atoms. The average molecular weight is 345 g/mol. The number of carbonyl (C=O) groups excluding carboxylic acids is 2. The number of carbonyl (C=O) groups is 2. The Bertz CT molecular complexity index is 700. The highest BCUT2D eigenvalue weighted by molar-refractivity contribution is 6.01. The number of nitrogens with one attached hydrogen (secondary N) is 2. The van der Waals surface area contributed by atoms with Crippen LogP contribution in [0.15, 0.2) is 18.2 Å². The Labute approximate surface area is 146 Å². The first kappa shape index (κ1) is 16.4. The summed E-state index contributed by atoms with van der Waals surface area (Å²) in [4.78, 5) is 26.3. The van der Waals surface area contributed by atoms with Gasteiger partial charge in [-0.25, -0.2) is 4.79 Å². The van der Waals surface area contributed by atoms with Crippen LogP contribution < -0.4 is 10.6 Å². The van der Waals surface area contributed by atoms with Crippen LogP contribution in [0.25, 0.3) is 0 Å². The van der Waals surface area contributed by atoms with Crippen LogP contribution in [0, 0.1) is 0 Å². The molecule has 25 heavy (non-hydrogen) atoms. The number of amides is 3. The second kappa shape index (κ2) is 6.31. The van der Waals surface area contributed by atoms with Gasteiger partial charge < -0.3 is 25.0 Å². The fraction of sp³-hybridized carbons (Fsp3) is 0.556. The van der Waals surface area contributed by atoms with Crippen molar-refractivity contribution in [1.82, 2.24) is 10.2 Å². The molecule has 2 saturated heterocycles. The SMILES string of the molecule is CN1Cc2c(NC(=O)NC3CCOC34CCOCC4)cccc2C1=O. The number of hydrogen-bond acceptors (Lipinski definition) is 4. The molecule has 0 aromatic heterocycles. The highest BCUT2D eigenvalue weighted by Gasteiger charge is 2.46. The third-order valence-electron chi connectivity index (χ3n) is 5.47. The zero-order valence-corrected chi connectivity index (χ0v) is 14.3. The maximum Gasteiger partial charge on any atom is 0.319 e. The van der Waals surface area contributed by atoms with E-state index < -0.39 is 0 Å². The van der Waals surface area contributed by atoms with Crippen molar-refractivity contribution in [1.29, 1.82) is 0 Å². The normalized spacial score (nSPS) is 24.4. The summed E-state index contributed by atoms with van der Waals surface area (Å²) in [7, 11) is 1.76. The van der Waals surface area contributed by atoms with Gasteiger partial charge in [-0.3, -0.25) is 4.79 Å². The summed E-state index contributed by atoms with van der Waals surface area (Å²) in [6, 6.07) is 5.16. The second-order valence-corrected chi connectivity index (χ2v) is 6.96. The van der Waals surface area contributed by atoms with Gasteiger partial charge in [0, 0.05) is 63.1 Å². The molecular formula is C18H23N3O4. The molecule has 1 atom stereocenters. The van der Waals surface area contributed by atoms with Gasteiger partial charge in [0.15, 0.2) is 0 Å². The molecule has 1 spiro atoms. The molecule has 7 heteroatoms. The highest BCUT2D eigenvalue weighted by Crippen LogP contribution is 2.35. The number of fused-ring (bicyclic) bond motifs is 1. The number of urea groups is 1. The van der Waals surface area contributed by atoms with E-state index in [0.29, 0.717) is 37.6 Å². The van der Waals surface area contributed by atoms with Crippen LogP contribution in [0.1, 0.15) is 35.2 Å². The maximum atomic E-state index is 12.5. The molecule has 0 radical (unpaired) electrons. The number of ether oxygens (including phenoxy) is 2. The third kappa shape index (κ3) is 2.87. The van der Waals surface area contributed by atoms with Crippen LogP contribution in [0.5, 0.6) is 0 Å². The largest absolute Gasteiger partial charge is 0.381 e. The van der Waals surface area contributed by atoms with Crippen LogP contribution in [0.4, 0.5) is 10.5 Å². The van der Waals surface area contributed by atoms with E-state index in [2.05, 4.69) is 10.6 Å². The van der Waals surface area contributed by atoms with Crippen molar-refractivity contribution in [2.75, 3.05) is 32.2 Å². The van der Waals surface area contributed by atoms with Crippen LogP contribution in [-0.2, 0) is 16.0 Å². The standard InChI is InChI=1S/C18H23N3O4/c1-21-11-13-12(16(21)22)3-2-4-14(13)19-17(23)20-15-5-8-25-18(15)6-9-24-10-7-18/h2-4,15H,5-11H2,1H3,(H2,19,20,23). The van der Waals surface area contributed by atoms with E-state index in [1.165, 1.54) is 0 Å². The summed E-state index contributed by atoms with van der Waals surface area (Å²) in [5.41, 5.74) is 1.91. The van der Waals surface area contributed by atoms with Crippen LogP contribution in [-0.4, -0.2) is 55.3 Å². The van der Waals surface area contributed by atoms with Gasteiger partial charge in [0.25, 0.3) is 5.91 Å². The van der Waals surface area contributed by atoms with E-state index in [1.54, 1.807) is 24.1 Å². The molecule has 2 N–H and O–H groups in total. The van der Waals surface area contributed by atoms with Crippen molar-refractivity contribution in [2.24, 2.45) is 0 Å². The van der Waals surface area contributed by atoms with Crippen molar-refractivity contribution in [3.8, 4) is 0 Å². The Morgan fingerprint density at radius 3 is 2.88 bits per heavy atom. The lowest BCUT2D eigenvalue weighted by Crippen LogP contribution is -2.53. The first-order chi connectivity index (χ1) is 12.1. The van der Waals surface area contributed by atoms with Gasteiger partial charge in [-0.2, -0.15) is 0 Å². The number of hydrogen-bond donors (Lipinski definition) is 2. The molecule has 0 aliphatic carbocycles. The Kier molecular flexibility index (Phi) is 4.13. The molecule has 3 heterocycles. The molecule has 2 fully saturated rings. The lowest BCUT2D eigenvalue weighted by atomic mass is 9.86. The monoisotopic (exact) mass is 345 g/mol. The predicted molar refractivity (Wildman–Crippen MR) is 91.5 cm³/mol. The Hall–Kier alpha value is -2.12. The molecule has 3 aliphatic rings. The number of benzene rings is 1. The summed E-state index contributed by atoms with van der Waals surface area (Å²) < 4.78 is 11.4. The van der Waals surface area contributed by atoms with Crippen molar-refractivity contribution in [3.63, 3.8) is 0 Å². The zero-order chi connectivity index (χ0) is 17.4. The van der Waals surface area contributed by atoms with Crippen molar-refractivity contribution in [3.05, 3.63) is 29.3 Å². The van der Waals surface area contributed by atoms with Gasteiger partial charge in [0.05, 0.1) is 11.6 Å². The van der Waals surface area contributed by atoms with Gasteiger partial charge in [-0.15, -0.1) is 0 Å². The fourth-order valence-electron chi connectivity index (χ4n) is 4.06. The lowest BCUT2D eigenvalue weighted by molar-refractivity contribution is -0.0867. The summed E-state index contributed by atoms with van der Waals surface area (Å²) in [5.74, 6) is -0.00981. The van der Waals surface area contributed by atoms with Crippen molar-refractivity contribution < 1.29 is 19.1 Å². The van der Waals surface area contributed by atoms with Crippen molar-refractivity contribution >= 4 is 17.6 Å². The number of nitrogens with zero attached hydrogens (tertiary/aromatic N) is 1. The molecule has 134 valence electrons. The van der Waals surface area contributed by atoms with E-state index in [4.69, 9.17) is 9.47 Å². The Morgan fingerprint density at radius 1 is 1.28 bits per heavy atom. The second-order valence-electron chi connectivity index (χ2n) is 6.96. The average Bonchev–Trinajstić information content (AvgIpc) is 3.11. The zero-order valence-electron chi connectivity index (χ0n) is 14.3. The van der Waals surface area contributed by atoms with Crippen LogP contribution >= 0.6 is 0 Å². The van der Waals surface area contributed by atoms with E-state index in [-0.39, 0.29) is 23.6 Å². The minimum Gasteiger partial charge on any atom is -0.381 e. The fourth-order valence-corrected chi connectivity index (χ4v) is 4.06. The Balaban J connectivity index is 1.46. The van der Waals surface area contributed by atoms with Gasteiger partial charge in [0.1, 0.15) is 0 Å². The van der Waals surface area contributed by atoms with Gasteiger partial charge in [-0.1, -0.05) is 6.07 Å². The molecule has 1 aromatic carbocycles. The van der Waals surface area contributed by atoms with Gasteiger partial charge >= 0.3 is 6.03 Å². The lowest BCUT2D eigenvalue weighted by Gasteiger charge is -2.37. The molecule has 1 aromatic rings. The molecule has 0 saturated carbocycles. The van der Waals surface area contributed by atoms with Gasteiger partial charge in [-0.05, 0) is 18.6 Å². The Morgan fingerprint density at radius 2 is 2.08 bits per heavy atom. The maximum absolute atomic E-state index is 12.5. The topological polar surface area (TPSA) is 79.9 Å². The predicted octanol–water partition coefficient (Wildman–Crippen LogP) is 1.73. The molecular weight excluding hydrogens is 322 g/mol. The van der Waals surface area contributed by atoms with E-state index in [1.807, 2.05) is 6.07 Å². The smallest absolute Gasteiger partial charge is 0.319 e. The minimum absolute atomic E-state index is 0.00981. The van der Waals surface area contributed by atoms with E-state index in [0.717, 1.165) is 24.8 Å². The van der Waals surface area contributed by atoms with E-state index >= 15 is 0 Å². The van der Waals surface area contributed by atoms with Gasteiger partial charge in [0.2, 0.25) is 0 Å². The summed E-state index contributed by atoms with van der Waals surface area (Å²) in [5, 5.41) is 5.99. The third-order valence-corrected chi connectivity index (χ3v) is 5.47. The quantitative estimate of drug-likeness (QED) is 0.855. The molecule has 3 amide bonds. The first-order valence-electron chi connectivity index (χ1n) is 8.76. The van der Waals surface area contributed by atoms with Crippen LogP contribution in [0.3, 0.4) is 0 Å². The molecule has 1 unspecified atom stereocenters. The van der Waals surface area contributed by atoms with Crippen LogP contribution in [0.2, 0.25) is 0 Å². The molecule has 4 rings (SSSR count). The number of rotatable bonds is 2. The minimum atomic E-state index is -0.301. The summed E-state index contributed by atoms with van der Waals surface area (Å²) >= 11 is 0. The first-order valence-corrected chi connectivity index (χ1v) is 8.76. The van der Waals surface area contributed by atoms with E-state index in [9.17, 15) is 9.59 Å².